The van der Waals surface area contributed by atoms with E-state index in [0.29, 0.717) is 0 Å². The van der Waals surface area contributed by atoms with Crippen LogP contribution < -0.4 is 5.32 Å². The molecule has 1 aromatic heterocycles. The third-order valence-electron chi connectivity index (χ3n) is 3.85. The first-order valence-corrected chi connectivity index (χ1v) is 7.55. The van der Waals surface area contributed by atoms with Gasteiger partial charge in [0.1, 0.15) is 0 Å². The fraction of sp³-hybridized carbons (Fsp3) is 0.471. The number of piperazine rings is 1. The molecule has 0 unspecified atom stereocenters. The molecule has 1 saturated heterocycles. The number of hydrogen-bond donors (Lipinski definition) is 1. The predicted octanol–water partition coefficient (Wildman–Crippen LogP) is 2.10. The zero-order valence-electron chi connectivity index (χ0n) is 13.2. The van der Waals surface area contributed by atoms with E-state index in [0.717, 1.165) is 61.9 Å². The molecule has 1 aliphatic heterocycles. The topological polar surface area (TPSA) is 31.4 Å². The van der Waals surface area contributed by atoms with E-state index < -0.39 is 0 Å². The van der Waals surface area contributed by atoms with E-state index in [1.807, 2.05) is 26.1 Å². The van der Waals surface area contributed by atoms with Gasteiger partial charge in [-0.3, -0.25) is 9.88 Å². The Labute approximate surface area is 128 Å². The Kier molecular flexibility index (Phi) is 5.39. The van der Waals surface area contributed by atoms with Gasteiger partial charge in [-0.1, -0.05) is 13.2 Å². The molecule has 0 spiro atoms. The minimum Gasteiger partial charge on any atom is -0.388 e. The molecular formula is C17H26N4. The number of aromatic nitrogens is 1. The molecule has 0 amide bonds. The number of pyridine rings is 1. The van der Waals surface area contributed by atoms with Crippen molar-refractivity contribution in [3.05, 3.63) is 48.4 Å². The Morgan fingerprint density at radius 3 is 2.52 bits per heavy atom. The van der Waals surface area contributed by atoms with Gasteiger partial charge in [0.05, 0.1) is 0 Å². The second kappa shape index (κ2) is 7.27. The van der Waals surface area contributed by atoms with Gasteiger partial charge in [0.15, 0.2) is 0 Å². The second-order valence-electron chi connectivity index (χ2n) is 5.67. The van der Waals surface area contributed by atoms with Gasteiger partial charge in [0, 0.05) is 68.1 Å². The lowest BCUT2D eigenvalue weighted by Crippen LogP contribution is -2.47. The number of aryl methyl sites for hydroxylation is 1. The molecule has 0 aliphatic carbocycles. The molecule has 4 nitrogen and oxygen atoms in total. The van der Waals surface area contributed by atoms with Crippen LogP contribution in [0.4, 0.5) is 0 Å². The maximum absolute atomic E-state index is 4.35. The van der Waals surface area contributed by atoms with Gasteiger partial charge in [-0.25, -0.2) is 0 Å². The number of hydrogen-bond acceptors (Lipinski definition) is 4. The smallest absolute Gasteiger partial charge is 0.0383 e. The molecule has 1 N–H and O–H groups in total. The van der Waals surface area contributed by atoms with Gasteiger partial charge in [-0.05, 0) is 26.0 Å². The minimum atomic E-state index is 0.970. The van der Waals surface area contributed by atoms with Crippen molar-refractivity contribution < 1.29 is 0 Å². The summed E-state index contributed by atoms with van der Waals surface area (Å²) >= 11 is 0. The molecule has 1 aliphatic rings. The Hall–Kier alpha value is -1.81. The van der Waals surface area contributed by atoms with Crippen LogP contribution in [0.1, 0.15) is 18.2 Å². The molecule has 4 heteroatoms. The summed E-state index contributed by atoms with van der Waals surface area (Å²) in [5.41, 5.74) is 4.29. The van der Waals surface area contributed by atoms with Gasteiger partial charge < -0.3 is 10.2 Å². The summed E-state index contributed by atoms with van der Waals surface area (Å²) in [5.74, 6) is 0. The monoisotopic (exact) mass is 286 g/mol. The molecule has 2 heterocycles. The van der Waals surface area contributed by atoms with Crippen LogP contribution in [0.5, 0.6) is 0 Å². The van der Waals surface area contributed by atoms with Gasteiger partial charge in [0.25, 0.3) is 0 Å². The van der Waals surface area contributed by atoms with Crippen molar-refractivity contribution in [3.8, 4) is 0 Å². The second-order valence-corrected chi connectivity index (χ2v) is 5.67. The molecular weight excluding hydrogens is 260 g/mol. The van der Waals surface area contributed by atoms with Gasteiger partial charge >= 0.3 is 0 Å². The number of allylic oxidation sites excluding steroid dienone is 1. The lowest BCUT2D eigenvalue weighted by Gasteiger charge is -2.37. The van der Waals surface area contributed by atoms with E-state index in [1.54, 1.807) is 0 Å². The van der Waals surface area contributed by atoms with Crippen LogP contribution in [0.3, 0.4) is 0 Å². The van der Waals surface area contributed by atoms with Crippen molar-refractivity contribution in [3.63, 3.8) is 0 Å². The van der Waals surface area contributed by atoms with Crippen LogP contribution in [0.15, 0.2) is 37.2 Å². The average Bonchev–Trinajstić information content (AvgIpc) is 2.48. The summed E-state index contributed by atoms with van der Waals surface area (Å²) in [4.78, 5) is 9.19. The van der Waals surface area contributed by atoms with Crippen LogP contribution in [0, 0.1) is 6.92 Å². The molecule has 1 aromatic rings. The van der Waals surface area contributed by atoms with Crippen molar-refractivity contribution in [2.24, 2.45) is 0 Å². The van der Waals surface area contributed by atoms with Crippen molar-refractivity contribution >= 4 is 5.70 Å². The first kappa shape index (κ1) is 15.6. The maximum Gasteiger partial charge on any atom is 0.0383 e. The van der Waals surface area contributed by atoms with Crippen LogP contribution in [0.2, 0.25) is 0 Å². The van der Waals surface area contributed by atoms with Crippen LogP contribution in [-0.4, -0.2) is 54.1 Å². The van der Waals surface area contributed by atoms with E-state index in [-0.39, 0.29) is 0 Å². The number of nitrogens with one attached hydrogen (secondary N) is 1. The highest BCUT2D eigenvalue weighted by atomic mass is 15.3. The Bertz CT molecular complexity index is 484. The predicted molar refractivity (Wildman–Crippen MR) is 88.8 cm³/mol. The summed E-state index contributed by atoms with van der Waals surface area (Å²) in [6.45, 7) is 18.3. The maximum atomic E-state index is 4.35. The van der Waals surface area contributed by atoms with E-state index in [1.165, 1.54) is 0 Å². The molecule has 114 valence electrons. The SMILES string of the molecule is C=C(C)NCCN1CCN(C(=C)c2ccc(C)nc2)CC1. The summed E-state index contributed by atoms with van der Waals surface area (Å²) < 4.78 is 0. The standard InChI is InChI=1S/C17H26N4/c1-14(2)18-7-8-20-9-11-21(12-10-20)16(4)17-6-5-15(3)19-13-17/h5-6,13,18H,1,4,7-12H2,2-3H3. The molecule has 0 atom stereocenters. The van der Waals surface area contributed by atoms with Crippen molar-refractivity contribution in [1.82, 2.24) is 20.1 Å². The normalized spacial score (nSPS) is 15.8. The van der Waals surface area contributed by atoms with E-state index in [9.17, 15) is 0 Å². The molecule has 1 fully saturated rings. The van der Waals surface area contributed by atoms with Gasteiger partial charge in [0.2, 0.25) is 0 Å². The zero-order valence-corrected chi connectivity index (χ0v) is 13.2. The Balaban J connectivity index is 1.79. The molecule has 0 radical (unpaired) electrons. The molecule has 2 rings (SSSR count). The van der Waals surface area contributed by atoms with Crippen molar-refractivity contribution in [2.75, 3.05) is 39.3 Å². The third kappa shape index (κ3) is 4.60. The Morgan fingerprint density at radius 2 is 1.95 bits per heavy atom. The van der Waals surface area contributed by atoms with Crippen molar-refractivity contribution in [1.29, 1.82) is 0 Å². The first-order chi connectivity index (χ1) is 10.1. The van der Waals surface area contributed by atoms with Gasteiger partial charge in [-0.2, -0.15) is 0 Å². The third-order valence-corrected chi connectivity index (χ3v) is 3.85. The molecule has 0 saturated carbocycles. The largest absolute Gasteiger partial charge is 0.388 e. The minimum absolute atomic E-state index is 0.970. The van der Waals surface area contributed by atoms with Gasteiger partial charge in [-0.15, -0.1) is 0 Å². The summed E-state index contributed by atoms with van der Waals surface area (Å²) in [6.07, 6.45) is 1.92. The molecule has 21 heavy (non-hydrogen) atoms. The van der Waals surface area contributed by atoms with Crippen molar-refractivity contribution in [2.45, 2.75) is 13.8 Å². The highest BCUT2D eigenvalue weighted by Gasteiger charge is 2.18. The van der Waals surface area contributed by atoms with Crippen LogP contribution >= 0.6 is 0 Å². The molecule has 0 bridgehead atoms. The summed E-state index contributed by atoms with van der Waals surface area (Å²) in [7, 11) is 0. The Morgan fingerprint density at radius 1 is 1.24 bits per heavy atom. The first-order valence-electron chi connectivity index (χ1n) is 7.55. The van der Waals surface area contributed by atoms with E-state index >= 15 is 0 Å². The fourth-order valence-corrected chi connectivity index (χ4v) is 2.49. The lowest BCUT2D eigenvalue weighted by molar-refractivity contribution is 0.177. The zero-order chi connectivity index (χ0) is 15.2. The van der Waals surface area contributed by atoms with Crippen LogP contribution in [-0.2, 0) is 0 Å². The number of rotatable bonds is 6. The quantitative estimate of drug-likeness (QED) is 0.868. The highest BCUT2D eigenvalue weighted by Crippen LogP contribution is 2.18. The van der Waals surface area contributed by atoms with E-state index in [2.05, 4.69) is 39.3 Å². The summed E-state index contributed by atoms with van der Waals surface area (Å²) in [6, 6.07) is 4.15. The van der Waals surface area contributed by atoms with Crippen LogP contribution in [0.25, 0.3) is 5.70 Å². The highest BCUT2D eigenvalue weighted by molar-refractivity contribution is 5.61. The summed E-state index contributed by atoms with van der Waals surface area (Å²) in [5, 5.41) is 3.28. The average molecular weight is 286 g/mol. The number of nitrogens with zero attached hydrogens (tertiary/aromatic N) is 3. The lowest BCUT2D eigenvalue weighted by atomic mass is 10.1. The fourth-order valence-electron chi connectivity index (χ4n) is 2.49. The molecule has 0 aromatic carbocycles. The van der Waals surface area contributed by atoms with E-state index in [4.69, 9.17) is 0 Å².